The lowest BCUT2D eigenvalue weighted by Gasteiger charge is -2.38. The van der Waals surface area contributed by atoms with Gasteiger partial charge in [-0.2, -0.15) is 0 Å². The predicted octanol–water partition coefficient (Wildman–Crippen LogP) is 6.41. The first kappa shape index (κ1) is 27.9. The average Bonchev–Trinajstić information content (AvgIpc) is 2.83. The SMILES string of the molecule is COC(=O)C(CCCN1CCN(Cc2ccc(C(C)(C)C)cc2)CC1)(c1ccc(Br)cc1)C(C)C. The molecule has 0 saturated carbocycles. The Morgan fingerprint density at radius 3 is 1.97 bits per heavy atom. The van der Waals surface area contributed by atoms with Gasteiger partial charge >= 0.3 is 5.97 Å². The Bertz CT molecular complexity index is 942. The van der Waals surface area contributed by atoms with E-state index in [2.05, 4.69) is 96.7 Å². The van der Waals surface area contributed by atoms with Crippen molar-refractivity contribution in [3.63, 3.8) is 0 Å². The topological polar surface area (TPSA) is 32.8 Å². The van der Waals surface area contributed by atoms with E-state index in [9.17, 15) is 4.79 Å². The van der Waals surface area contributed by atoms with E-state index in [-0.39, 0.29) is 17.3 Å². The standard InChI is InChI=1S/C30H43BrN2O2/c1-23(2)30(28(34)35-6,26-12-14-27(31)15-13-26)16-7-17-32-18-20-33(21-19-32)22-24-8-10-25(11-9-24)29(3,4)5/h8-15,23H,7,16-22H2,1-6H3. The third kappa shape index (κ3) is 6.96. The average molecular weight is 544 g/mol. The Labute approximate surface area is 221 Å². The lowest BCUT2D eigenvalue weighted by molar-refractivity contribution is -0.150. The molecule has 1 fully saturated rings. The summed E-state index contributed by atoms with van der Waals surface area (Å²) in [5.41, 5.74) is 3.41. The molecule has 1 aliphatic rings. The quantitative estimate of drug-likeness (QED) is 0.342. The largest absolute Gasteiger partial charge is 0.468 e. The van der Waals surface area contributed by atoms with Gasteiger partial charge in [-0.1, -0.05) is 86.9 Å². The summed E-state index contributed by atoms with van der Waals surface area (Å²) in [7, 11) is 1.51. The molecule has 35 heavy (non-hydrogen) atoms. The zero-order valence-electron chi connectivity index (χ0n) is 22.4. The number of halogens is 1. The van der Waals surface area contributed by atoms with Crippen LogP contribution in [0.15, 0.2) is 53.0 Å². The molecule has 3 rings (SSSR count). The van der Waals surface area contributed by atoms with E-state index in [0.29, 0.717) is 0 Å². The van der Waals surface area contributed by atoms with Gasteiger partial charge in [0.2, 0.25) is 0 Å². The van der Waals surface area contributed by atoms with Crippen LogP contribution in [0.25, 0.3) is 0 Å². The van der Waals surface area contributed by atoms with Crippen LogP contribution in [0.5, 0.6) is 0 Å². The van der Waals surface area contributed by atoms with Crippen molar-refractivity contribution in [2.45, 2.75) is 64.8 Å². The number of ether oxygens (including phenoxy) is 1. The first-order chi connectivity index (χ1) is 16.6. The molecule has 1 heterocycles. The van der Waals surface area contributed by atoms with E-state index in [1.165, 1.54) is 18.2 Å². The maximum absolute atomic E-state index is 13.1. The van der Waals surface area contributed by atoms with Gasteiger partial charge in [0.1, 0.15) is 0 Å². The zero-order valence-corrected chi connectivity index (χ0v) is 24.0. The van der Waals surface area contributed by atoms with Crippen molar-refractivity contribution in [2.75, 3.05) is 39.8 Å². The maximum Gasteiger partial charge on any atom is 0.316 e. The van der Waals surface area contributed by atoms with Crippen LogP contribution in [-0.4, -0.2) is 55.6 Å². The molecule has 1 aliphatic heterocycles. The predicted molar refractivity (Wildman–Crippen MR) is 149 cm³/mol. The van der Waals surface area contributed by atoms with Crippen LogP contribution >= 0.6 is 15.9 Å². The molecule has 2 aromatic carbocycles. The fourth-order valence-electron chi connectivity index (χ4n) is 5.27. The second-order valence-electron chi connectivity index (χ2n) is 11.3. The first-order valence-electron chi connectivity index (χ1n) is 12.9. The lowest BCUT2D eigenvalue weighted by atomic mass is 9.68. The molecule has 1 atom stereocenters. The second kappa shape index (κ2) is 12.0. The highest BCUT2D eigenvalue weighted by molar-refractivity contribution is 9.10. The fraction of sp³-hybridized carbons (Fsp3) is 0.567. The van der Waals surface area contributed by atoms with Crippen LogP contribution in [0.1, 0.15) is 64.2 Å². The Morgan fingerprint density at radius 2 is 1.46 bits per heavy atom. The van der Waals surface area contributed by atoms with E-state index >= 15 is 0 Å². The summed E-state index contributed by atoms with van der Waals surface area (Å²) >= 11 is 3.52. The molecule has 1 saturated heterocycles. The Morgan fingerprint density at radius 1 is 0.914 bits per heavy atom. The molecular formula is C30H43BrN2O2. The van der Waals surface area contributed by atoms with E-state index in [0.717, 1.165) is 62.1 Å². The molecule has 0 aromatic heterocycles. The van der Waals surface area contributed by atoms with Crippen LogP contribution in [0.3, 0.4) is 0 Å². The number of nitrogens with zero attached hydrogens (tertiary/aromatic N) is 2. The summed E-state index contributed by atoms with van der Waals surface area (Å²) in [6, 6.07) is 17.3. The van der Waals surface area contributed by atoms with Gasteiger partial charge in [0.05, 0.1) is 12.5 Å². The molecule has 0 radical (unpaired) electrons. The molecule has 0 spiro atoms. The smallest absolute Gasteiger partial charge is 0.316 e. The Kier molecular flexibility index (Phi) is 9.59. The van der Waals surface area contributed by atoms with Gasteiger partial charge in [-0.25, -0.2) is 0 Å². The number of esters is 1. The van der Waals surface area contributed by atoms with Gasteiger partial charge in [0.25, 0.3) is 0 Å². The number of carbonyl (C=O) groups excluding carboxylic acids is 1. The minimum absolute atomic E-state index is 0.128. The molecule has 192 valence electrons. The van der Waals surface area contributed by atoms with Crippen molar-refractivity contribution in [1.29, 1.82) is 0 Å². The van der Waals surface area contributed by atoms with Crippen LogP contribution in [-0.2, 0) is 26.9 Å². The number of hydrogen-bond donors (Lipinski definition) is 0. The number of methoxy groups -OCH3 is 1. The van der Waals surface area contributed by atoms with E-state index in [1.54, 1.807) is 0 Å². The molecule has 5 heteroatoms. The van der Waals surface area contributed by atoms with Crippen LogP contribution in [0.4, 0.5) is 0 Å². The van der Waals surface area contributed by atoms with Gasteiger partial charge < -0.3 is 9.64 Å². The van der Waals surface area contributed by atoms with E-state index in [4.69, 9.17) is 4.74 Å². The summed E-state index contributed by atoms with van der Waals surface area (Å²) in [5.74, 6) is 0.0229. The van der Waals surface area contributed by atoms with Crippen molar-refractivity contribution < 1.29 is 9.53 Å². The number of hydrogen-bond acceptors (Lipinski definition) is 4. The van der Waals surface area contributed by atoms with E-state index in [1.807, 2.05) is 12.1 Å². The van der Waals surface area contributed by atoms with Gasteiger partial charge in [-0.15, -0.1) is 0 Å². The minimum atomic E-state index is -0.615. The molecule has 0 aliphatic carbocycles. The molecule has 1 unspecified atom stereocenters. The molecule has 2 aromatic rings. The van der Waals surface area contributed by atoms with Gasteiger partial charge in [-0.05, 0) is 59.5 Å². The lowest BCUT2D eigenvalue weighted by Crippen LogP contribution is -2.47. The molecule has 4 nitrogen and oxygen atoms in total. The van der Waals surface area contributed by atoms with Crippen LogP contribution < -0.4 is 0 Å². The van der Waals surface area contributed by atoms with Crippen molar-refractivity contribution >= 4 is 21.9 Å². The fourth-order valence-corrected chi connectivity index (χ4v) is 5.54. The van der Waals surface area contributed by atoms with Crippen LogP contribution in [0, 0.1) is 5.92 Å². The summed E-state index contributed by atoms with van der Waals surface area (Å²) in [6.45, 7) is 17.4. The first-order valence-corrected chi connectivity index (χ1v) is 13.7. The molecule has 0 amide bonds. The van der Waals surface area contributed by atoms with Crippen LogP contribution in [0.2, 0.25) is 0 Å². The summed E-state index contributed by atoms with van der Waals surface area (Å²) in [5, 5.41) is 0. The number of rotatable bonds is 9. The molecular weight excluding hydrogens is 500 g/mol. The van der Waals surface area contributed by atoms with Gasteiger partial charge in [-0.3, -0.25) is 9.69 Å². The number of carbonyl (C=O) groups is 1. The highest BCUT2D eigenvalue weighted by Gasteiger charge is 2.44. The van der Waals surface area contributed by atoms with Crippen molar-refractivity contribution in [2.24, 2.45) is 5.92 Å². The monoisotopic (exact) mass is 542 g/mol. The number of benzene rings is 2. The van der Waals surface area contributed by atoms with E-state index < -0.39 is 5.41 Å². The molecule has 0 N–H and O–H groups in total. The number of piperazine rings is 1. The zero-order chi connectivity index (χ0) is 25.6. The summed E-state index contributed by atoms with van der Waals surface area (Å²) in [4.78, 5) is 18.2. The third-order valence-electron chi connectivity index (χ3n) is 7.63. The van der Waals surface area contributed by atoms with Crippen molar-refractivity contribution in [1.82, 2.24) is 9.80 Å². The normalized spacial score (nSPS) is 17.4. The third-order valence-corrected chi connectivity index (χ3v) is 8.16. The minimum Gasteiger partial charge on any atom is -0.468 e. The molecule has 0 bridgehead atoms. The highest BCUT2D eigenvalue weighted by Crippen LogP contribution is 2.39. The summed E-state index contributed by atoms with van der Waals surface area (Å²) in [6.07, 6.45) is 1.76. The Balaban J connectivity index is 1.54. The Hall–Kier alpha value is -1.69. The van der Waals surface area contributed by atoms with Crippen molar-refractivity contribution in [3.8, 4) is 0 Å². The highest BCUT2D eigenvalue weighted by atomic mass is 79.9. The van der Waals surface area contributed by atoms with Gasteiger partial charge in [0.15, 0.2) is 0 Å². The van der Waals surface area contributed by atoms with Crippen molar-refractivity contribution in [3.05, 3.63) is 69.7 Å². The van der Waals surface area contributed by atoms with Gasteiger partial charge in [0, 0.05) is 37.2 Å². The maximum atomic E-state index is 13.1. The second-order valence-corrected chi connectivity index (χ2v) is 12.2. The summed E-state index contributed by atoms with van der Waals surface area (Å²) < 4.78 is 6.35.